The Morgan fingerprint density at radius 2 is 2.39 bits per heavy atom. The lowest BCUT2D eigenvalue weighted by molar-refractivity contribution is 0.172. The van der Waals surface area contributed by atoms with Crippen LogP contribution in [0.4, 0.5) is 0 Å². The predicted octanol–water partition coefficient (Wildman–Crippen LogP) is 2.77. The molecule has 0 bridgehead atoms. The molecule has 1 unspecified atom stereocenters. The number of piperidine rings is 1. The summed E-state index contributed by atoms with van der Waals surface area (Å²) in [7, 11) is 0. The lowest BCUT2D eigenvalue weighted by Crippen LogP contribution is -2.39. The summed E-state index contributed by atoms with van der Waals surface area (Å²) in [5.41, 5.74) is 0. The van der Waals surface area contributed by atoms with Crippen LogP contribution in [0.3, 0.4) is 0 Å². The van der Waals surface area contributed by atoms with Crippen LogP contribution in [0, 0.1) is 18.3 Å². The molecule has 0 aliphatic carbocycles. The molecule has 23 heavy (non-hydrogen) atoms. The van der Waals surface area contributed by atoms with Crippen LogP contribution in [-0.4, -0.2) is 43.6 Å². The Kier molecular flexibility index (Phi) is 10.3. The van der Waals surface area contributed by atoms with E-state index in [4.69, 9.17) is 6.42 Å². The van der Waals surface area contributed by atoms with E-state index in [-0.39, 0.29) is 24.0 Å². The number of likely N-dealkylation sites (tertiary alicyclic amines) is 1. The minimum absolute atomic E-state index is 0. The van der Waals surface area contributed by atoms with Crippen LogP contribution in [0.25, 0.3) is 0 Å². The molecule has 1 aromatic rings. The average molecular weight is 446 g/mol. The van der Waals surface area contributed by atoms with Crippen LogP contribution in [0.5, 0.6) is 0 Å². The van der Waals surface area contributed by atoms with E-state index in [1.165, 1.54) is 24.3 Å². The van der Waals surface area contributed by atoms with Crippen molar-refractivity contribution in [3.63, 3.8) is 0 Å². The van der Waals surface area contributed by atoms with Crippen LogP contribution >= 0.6 is 35.3 Å². The lowest BCUT2D eigenvalue weighted by Gasteiger charge is -2.31. The minimum Gasteiger partial charge on any atom is -0.357 e. The monoisotopic (exact) mass is 446 g/mol. The molecule has 1 fully saturated rings. The first-order chi connectivity index (χ1) is 10.8. The number of hydrogen-bond acceptors (Lipinski definition) is 3. The van der Waals surface area contributed by atoms with Gasteiger partial charge in [0, 0.05) is 31.1 Å². The third-order valence-electron chi connectivity index (χ3n) is 3.77. The first-order valence-corrected chi connectivity index (χ1v) is 8.90. The fraction of sp³-hybridized carbons (Fsp3) is 0.588. The highest BCUT2D eigenvalue weighted by Crippen LogP contribution is 2.20. The SMILES string of the molecule is C#CCNC(=NCC1CCCN(Cc2cccs2)C1)NCC.I. The second kappa shape index (κ2) is 11.7. The summed E-state index contributed by atoms with van der Waals surface area (Å²) >= 11 is 1.84. The number of nitrogens with zero attached hydrogens (tertiary/aromatic N) is 2. The fourth-order valence-corrected chi connectivity index (χ4v) is 3.51. The molecule has 2 N–H and O–H groups in total. The van der Waals surface area contributed by atoms with Gasteiger partial charge in [0.15, 0.2) is 5.96 Å². The summed E-state index contributed by atoms with van der Waals surface area (Å²) in [4.78, 5) is 8.69. The summed E-state index contributed by atoms with van der Waals surface area (Å²) in [5.74, 6) is 4.05. The van der Waals surface area contributed by atoms with E-state index in [9.17, 15) is 0 Å². The van der Waals surface area contributed by atoms with E-state index in [1.807, 2.05) is 11.3 Å². The van der Waals surface area contributed by atoms with Crippen molar-refractivity contribution < 1.29 is 0 Å². The van der Waals surface area contributed by atoms with E-state index in [0.717, 1.165) is 32.1 Å². The number of aliphatic imine (C=N–C) groups is 1. The number of rotatable bonds is 6. The standard InChI is InChI=1S/C17H26N4S.HI/c1-3-9-19-17(18-4-2)20-12-15-7-5-10-21(13-15)14-16-8-6-11-22-16;/h1,6,8,11,15H,4-5,7,9-10,12-14H2,2H3,(H2,18,19,20);1H. The summed E-state index contributed by atoms with van der Waals surface area (Å²) < 4.78 is 0. The molecule has 0 saturated carbocycles. The Morgan fingerprint density at radius 3 is 3.09 bits per heavy atom. The van der Waals surface area contributed by atoms with Crippen molar-refractivity contribution in [3.8, 4) is 12.3 Å². The van der Waals surface area contributed by atoms with E-state index >= 15 is 0 Å². The van der Waals surface area contributed by atoms with Crippen LogP contribution < -0.4 is 10.6 Å². The normalized spacial score (nSPS) is 18.8. The maximum absolute atomic E-state index is 5.29. The van der Waals surface area contributed by atoms with Crippen LogP contribution in [0.2, 0.25) is 0 Å². The first-order valence-electron chi connectivity index (χ1n) is 8.02. The van der Waals surface area contributed by atoms with Gasteiger partial charge in [-0.3, -0.25) is 9.89 Å². The molecule has 0 amide bonds. The van der Waals surface area contributed by atoms with Gasteiger partial charge < -0.3 is 10.6 Å². The van der Waals surface area contributed by atoms with Gasteiger partial charge in [0.25, 0.3) is 0 Å². The summed E-state index contributed by atoms with van der Waals surface area (Å²) in [6.07, 6.45) is 7.82. The maximum Gasteiger partial charge on any atom is 0.192 e. The fourth-order valence-electron chi connectivity index (χ4n) is 2.76. The van der Waals surface area contributed by atoms with E-state index in [1.54, 1.807) is 0 Å². The predicted molar refractivity (Wildman–Crippen MR) is 111 cm³/mol. The van der Waals surface area contributed by atoms with Crippen molar-refractivity contribution in [1.29, 1.82) is 0 Å². The number of halogens is 1. The number of thiophene rings is 1. The Labute approximate surface area is 161 Å². The molecule has 6 heteroatoms. The molecule has 0 radical (unpaired) electrons. The van der Waals surface area contributed by atoms with Gasteiger partial charge in [-0.2, -0.15) is 0 Å². The molecular formula is C17H27IN4S. The van der Waals surface area contributed by atoms with Gasteiger partial charge in [-0.25, -0.2) is 0 Å². The number of nitrogens with one attached hydrogen (secondary N) is 2. The zero-order valence-electron chi connectivity index (χ0n) is 13.8. The Bertz CT molecular complexity index is 495. The van der Waals surface area contributed by atoms with Crippen molar-refractivity contribution in [2.24, 2.45) is 10.9 Å². The van der Waals surface area contributed by atoms with Crippen molar-refractivity contribution in [2.75, 3.05) is 32.7 Å². The first kappa shape index (κ1) is 20.3. The molecule has 2 heterocycles. The Balaban J connectivity index is 0.00000264. The highest BCUT2D eigenvalue weighted by atomic mass is 127. The number of hydrogen-bond donors (Lipinski definition) is 2. The summed E-state index contributed by atoms with van der Waals surface area (Å²) in [5, 5.41) is 8.54. The van der Waals surface area contributed by atoms with Gasteiger partial charge in [-0.15, -0.1) is 41.7 Å². The number of terminal acetylenes is 1. The molecule has 1 aromatic heterocycles. The number of guanidine groups is 1. The second-order valence-electron chi connectivity index (χ2n) is 5.60. The molecule has 0 aromatic carbocycles. The van der Waals surface area contributed by atoms with E-state index in [0.29, 0.717) is 12.5 Å². The topological polar surface area (TPSA) is 39.7 Å². The van der Waals surface area contributed by atoms with Gasteiger partial charge in [0.1, 0.15) is 0 Å². The minimum atomic E-state index is 0. The van der Waals surface area contributed by atoms with Crippen LogP contribution in [0.1, 0.15) is 24.6 Å². The van der Waals surface area contributed by atoms with Crippen LogP contribution in [0.15, 0.2) is 22.5 Å². The highest BCUT2D eigenvalue weighted by Gasteiger charge is 2.20. The van der Waals surface area contributed by atoms with Gasteiger partial charge in [-0.1, -0.05) is 12.0 Å². The summed E-state index contributed by atoms with van der Waals surface area (Å²) in [6, 6.07) is 4.35. The van der Waals surface area contributed by atoms with E-state index in [2.05, 4.69) is 50.9 Å². The van der Waals surface area contributed by atoms with Crippen molar-refractivity contribution in [1.82, 2.24) is 15.5 Å². The van der Waals surface area contributed by atoms with Gasteiger partial charge in [-0.05, 0) is 43.7 Å². The quantitative estimate of drug-likeness (QED) is 0.306. The summed E-state index contributed by atoms with van der Waals surface area (Å²) in [6.45, 7) is 7.71. The largest absolute Gasteiger partial charge is 0.357 e. The molecule has 2 rings (SSSR count). The second-order valence-corrected chi connectivity index (χ2v) is 6.63. The molecule has 1 atom stereocenters. The third-order valence-corrected chi connectivity index (χ3v) is 4.63. The molecule has 1 aliphatic rings. The van der Waals surface area contributed by atoms with Crippen molar-refractivity contribution in [3.05, 3.63) is 22.4 Å². The lowest BCUT2D eigenvalue weighted by atomic mass is 9.98. The van der Waals surface area contributed by atoms with Crippen LogP contribution in [-0.2, 0) is 6.54 Å². The molecule has 4 nitrogen and oxygen atoms in total. The van der Waals surface area contributed by atoms with E-state index < -0.39 is 0 Å². The molecule has 1 saturated heterocycles. The molecular weight excluding hydrogens is 419 g/mol. The average Bonchev–Trinajstić information content (AvgIpc) is 3.03. The smallest absolute Gasteiger partial charge is 0.192 e. The van der Waals surface area contributed by atoms with Crippen molar-refractivity contribution >= 4 is 41.3 Å². The van der Waals surface area contributed by atoms with Gasteiger partial charge in [0.2, 0.25) is 0 Å². The molecule has 1 aliphatic heterocycles. The zero-order valence-corrected chi connectivity index (χ0v) is 16.9. The Morgan fingerprint density at radius 1 is 1.52 bits per heavy atom. The Hall–Kier alpha value is -0.780. The zero-order chi connectivity index (χ0) is 15.6. The molecule has 0 spiro atoms. The van der Waals surface area contributed by atoms with Gasteiger partial charge in [0.05, 0.1) is 6.54 Å². The van der Waals surface area contributed by atoms with Crippen molar-refractivity contribution in [2.45, 2.75) is 26.3 Å². The highest BCUT2D eigenvalue weighted by molar-refractivity contribution is 14.0. The molecule has 128 valence electrons. The third kappa shape index (κ3) is 7.55. The maximum atomic E-state index is 5.29. The van der Waals surface area contributed by atoms with Gasteiger partial charge >= 0.3 is 0 Å².